The van der Waals surface area contributed by atoms with Crippen LogP contribution in [0.1, 0.15) is 9.67 Å². The van der Waals surface area contributed by atoms with Gasteiger partial charge in [0.05, 0.1) is 22.6 Å². The van der Waals surface area contributed by atoms with E-state index in [1.807, 2.05) is 18.0 Å². The Hall–Kier alpha value is -0.910. The molecule has 0 bridgehead atoms. The van der Waals surface area contributed by atoms with Crippen LogP contribution < -0.4 is 4.90 Å². The van der Waals surface area contributed by atoms with Crippen LogP contribution in [0.5, 0.6) is 0 Å². The summed E-state index contributed by atoms with van der Waals surface area (Å²) < 4.78 is 4.84. The highest BCUT2D eigenvalue weighted by atomic mass is 32.1. The summed E-state index contributed by atoms with van der Waals surface area (Å²) in [6.07, 6.45) is 0.315. The van der Waals surface area contributed by atoms with E-state index in [1.165, 1.54) is 11.3 Å². The van der Waals surface area contributed by atoms with E-state index in [2.05, 4.69) is 0 Å². The fraction of sp³-hybridized carbons (Fsp3) is 0.500. The number of thiophene rings is 1. The van der Waals surface area contributed by atoms with Gasteiger partial charge in [0, 0.05) is 20.7 Å². The van der Waals surface area contributed by atoms with E-state index in [-0.39, 0.29) is 0 Å². The molecule has 0 spiro atoms. The molecule has 84 valence electrons. The maximum atomic E-state index is 10.5. The molecule has 4 nitrogen and oxygen atoms in total. The Morgan fingerprint density at radius 3 is 2.93 bits per heavy atom. The molecule has 0 aromatic carbocycles. The lowest BCUT2D eigenvalue weighted by molar-refractivity contribution is 0.0696. The molecule has 1 rings (SSSR count). The van der Waals surface area contributed by atoms with Gasteiger partial charge in [-0.1, -0.05) is 0 Å². The summed E-state index contributed by atoms with van der Waals surface area (Å²) in [6, 6.07) is 3.64. The number of anilines is 1. The van der Waals surface area contributed by atoms with Crippen molar-refractivity contribution in [3.8, 4) is 0 Å². The van der Waals surface area contributed by atoms with E-state index >= 15 is 0 Å². The topological polar surface area (TPSA) is 49.8 Å². The predicted molar refractivity (Wildman–Crippen MR) is 60.9 cm³/mol. The van der Waals surface area contributed by atoms with Crippen LogP contribution in [0.3, 0.4) is 0 Å². The normalized spacial score (nSPS) is 12.5. The molecule has 0 radical (unpaired) electrons. The van der Waals surface area contributed by atoms with Crippen LogP contribution in [0.2, 0.25) is 0 Å². The van der Waals surface area contributed by atoms with Gasteiger partial charge in [-0.2, -0.15) is 0 Å². The molecule has 0 amide bonds. The van der Waals surface area contributed by atoms with Crippen LogP contribution in [0.15, 0.2) is 12.1 Å². The molecule has 0 fully saturated rings. The number of aliphatic hydroxyl groups is 1. The smallest absolute Gasteiger partial charge is 0.160 e. The number of aliphatic hydroxyl groups excluding tert-OH is 1. The lowest BCUT2D eigenvalue weighted by Gasteiger charge is -2.20. The first-order valence-electron chi connectivity index (χ1n) is 4.60. The van der Waals surface area contributed by atoms with Gasteiger partial charge in [0.15, 0.2) is 6.29 Å². The van der Waals surface area contributed by atoms with Crippen LogP contribution in [0, 0.1) is 0 Å². The monoisotopic (exact) mass is 229 g/mol. The van der Waals surface area contributed by atoms with E-state index in [0.29, 0.717) is 18.0 Å². The van der Waals surface area contributed by atoms with Crippen molar-refractivity contribution in [3.05, 3.63) is 17.0 Å². The predicted octanol–water partition coefficient (Wildman–Crippen LogP) is 1.00. The van der Waals surface area contributed by atoms with E-state index in [4.69, 9.17) is 4.74 Å². The van der Waals surface area contributed by atoms with Crippen LogP contribution in [0.25, 0.3) is 0 Å². The van der Waals surface area contributed by atoms with E-state index in [9.17, 15) is 9.90 Å². The molecular weight excluding hydrogens is 214 g/mol. The van der Waals surface area contributed by atoms with Crippen LogP contribution in [-0.2, 0) is 4.74 Å². The van der Waals surface area contributed by atoms with Crippen molar-refractivity contribution in [2.24, 2.45) is 0 Å². The van der Waals surface area contributed by atoms with Crippen molar-refractivity contribution in [3.63, 3.8) is 0 Å². The van der Waals surface area contributed by atoms with Crippen molar-refractivity contribution in [1.29, 1.82) is 0 Å². The molecule has 0 saturated heterocycles. The van der Waals surface area contributed by atoms with Gasteiger partial charge in [-0.15, -0.1) is 11.3 Å². The molecule has 1 atom stereocenters. The first-order valence-corrected chi connectivity index (χ1v) is 5.42. The van der Waals surface area contributed by atoms with Gasteiger partial charge >= 0.3 is 0 Å². The Morgan fingerprint density at radius 2 is 2.40 bits per heavy atom. The molecule has 1 aromatic rings. The second kappa shape index (κ2) is 5.85. The van der Waals surface area contributed by atoms with Crippen molar-refractivity contribution < 1.29 is 14.6 Å². The maximum absolute atomic E-state index is 10.5. The van der Waals surface area contributed by atoms with E-state index in [0.717, 1.165) is 11.3 Å². The van der Waals surface area contributed by atoms with Gasteiger partial charge in [0.1, 0.15) is 0 Å². The number of aldehydes is 1. The minimum Gasteiger partial charge on any atom is -0.389 e. The molecule has 1 N–H and O–H groups in total. The van der Waals surface area contributed by atoms with Crippen molar-refractivity contribution in [2.45, 2.75) is 6.10 Å². The van der Waals surface area contributed by atoms with E-state index in [1.54, 1.807) is 13.2 Å². The minimum atomic E-state index is -0.512. The molecule has 0 aliphatic rings. The second-order valence-electron chi connectivity index (χ2n) is 3.28. The molecule has 15 heavy (non-hydrogen) atoms. The Bertz CT molecular complexity index is 313. The van der Waals surface area contributed by atoms with Crippen LogP contribution >= 0.6 is 11.3 Å². The molecule has 0 aliphatic heterocycles. The number of nitrogens with zero attached hydrogens (tertiary/aromatic N) is 1. The largest absolute Gasteiger partial charge is 0.389 e. The summed E-state index contributed by atoms with van der Waals surface area (Å²) >= 11 is 1.41. The van der Waals surface area contributed by atoms with Crippen LogP contribution in [0.4, 0.5) is 5.00 Å². The highest BCUT2D eigenvalue weighted by molar-refractivity contribution is 7.17. The zero-order valence-corrected chi connectivity index (χ0v) is 9.66. The van der Waals surface area contributed by atoms with Gasteiger partial charge in [-0.25, -0.2) is 0 Å². The van der Waals surface area contributed by atoms with Gasteiger partial charge in [-0.05, 0) is 12.1 Å². The maximum Gasteiger partial charge on any atom is 0.160 e. The number of carbonyl (C=O) groups excluding carboxylic acids is 1. The quantitative estimate of drug-likeness (QED) is 0.739. The van der Waals surface area contributed by atoms with Gasteiger partial charge < -0.3 is 14.7 Å². The number of likely N-dealkylation sites (N-methyl/N-ethyl adjacent to an activating group) is 1. The van der Waals surface area contributed by atoms with Crippen molar-refractivity contribution in [2.75, 3.05) is 32.2 Å². The Balaban J connectivity index is 2.52. The van der Waals surface area contributed by atoms with Gasteiger partial charge in [0.25, 0.3) is 0 Å². The SMILES string of the molecule is COCC(O)CN(C)c1ccc(C=O)s1. The molecule has 5 heteroatoms. The van der Waals surface area contributed by atoms with Gasteiger partial charge in [0.2, 0.25) is 0 Å². The summed E-state index contributed by atoms with van der Waals surface area (Å²) in [5.41, 5.74) is 0. The highest BCUT2D eigenvalue weighted by Crippen LogP contribution is 2.23. The lowest BCUT2D eigenvalue weighted by atomic mass is 10.3. The first-order chi connectivity index (χ1) is 7.17. The van der Waals surface area contributed by atoms with E-state index < -0.39 is 6.10 Å². The Labute approximate surface area is 93.1 Å². The summed E-state index contributed by atoms with van der Waals surface area (Å²) in [5.74, 6) is 0. The fourth-order valence-corrected chi connectivity index (χ4v) is 2.05. The summed E-state index contributed by atoms with van der Waals surface area (Å²) in [4.78, 5) is 13.1. The molecule has 1 unspecified atom stereocenters. The summed E-state index contributed by atoms with van der Waals surface area (Å²) in [5, 5.41) is 10.5. The summed E-state index contributed by atoms with van der Waals surface area (Å²) in [7, 11) is 3.43. The third kappa shape index (κ3) is 3.62. The Kier molecular flexibility index (Phi) is 4.74. The number of ether oxygens (including phenoxy) is 1. The minimum absolute atomic E-state index is 0.316. The number of carbonyl (C=O) groups is 1. The highest BCUT2D eigenvalue weighted by Gasteiger charge is 2.10. The first kappa shape index (κ1) is 12.2. The Morgan fingerprint density at radius 1 is 1.67 bits per heavy atom. The van der Waals surface area contributed by atoms with Crippen LogP contribution in [-0.4, -0.2) is 44.8 Å². The zero-order valence-electron chi connectivity index (χ0n) is 8.84. The molecule has 1 heterocycles. The third-order valence-corrected chi connectivity index (χ3v) is 3.07. The average molecular weight is 229 g/mol. The number of methoxy groups -OCH3 is 1. The molecule has 1 aromatic heterocycles. The number of hydrogen-bond acceptors (Lipinski definition) is 5. The molecule has 0 aliphatic carbocycles. The van der Waals surface area contributed by atoms with Crippen molar-refractivity contribution >= 4 is 22.6 Å². The van der Waals surface area contributed by atoms with Crippen molar-refractivity contribution in [1.82, 2.24) is 0 Å². The number of hydrogen-bond donors (Lipinski definition) is 1. The lowest BCUT2D eigenvalue weighted by Crippen LogP contribution is -2.31. The molecule has 0 saturated carbocycles. The zero-order chi connectivity index (χ0) is 11.3. The fourth-order valence-electron chi connectivity index (χ4n) is 1.26. The number of rotatable bonds is 6. The second-order valence-corrected chi connectivity index (χ2v) is 4.38. The molecular formula is C10H15NO3S. The third-order valence-electron chi connectivity index (χ3n) is 1.95. The summed E-state index contributed by atoms with van der Waals surface area (Å²) in [6.45, 7) is 0.808. The van der Waals surface area contributed by atoms with Gasteiger partial charge in [-0.3, -0.25) is 4.79 Å². The average Bonchev–Trinajstić information content (AvgIpc) is 2.66. The standard InChI is InChI=1S/C10H15NO3S/c1-11(5-8(13)7-14-2)10-4-3-9(6-12)15-10/h3-4,6,8,13H,5,7H2,1-2H3.